The van der Waals surface area contributed by atoms with E-state index in [-0.39, 0.29) is 30.4 Å². The summed E-state index contributed by atoms with van der Waals surface area (Å²) in [7, 11) is 1.70. The Hall–Kier alpha value is -2.08. The highest BCUT2D eigenvalue weighted by molar-refractivity contribution is 5.88. The minimum absolute atomic E-state index is 0.00771. The third kappa shape index (κ3) is 5.74. The minimum Gasteiger partial charge on any atom is -0.484 e. The Kier molecular flexibility index (Phi) is 7.25. The lowest BCUT2D eigenvalue weighted by Crippen LogP contribution is -2.54. The molecule has 1 N–H and O–H groups in total. The Labute approximate surface area is 149 Å². The van der Waals surface area contributed by atoms with Gasteiger partial charge in [-0.3, -0.25) is 9.59 Å². The monoisotopic (exact) mass is 348 g/mol. The number of amides is 2. The molecule has 138 valence electrons. The molecule has 1 aromatic carbocycles. The topological polar surface area (TPSA) is 67.9 Å². The van der Waals surface area contributed by atoms with Crippen molar-refractivity contribution in [2.45, 2.75) is 38.8 Å². The van der Waals surface area contributed by atoms with Crippen molar-refractivity contribution in [3.05, 3.63) is 30.3 Å². The van der Waals surface area contributed by atoms with Gasteiger partial charge in [0, 0.05) is 20.2 Å². The first-order valence-corrected chi connectivity index (χ1v) is 8.80. The number of hydrogen-bond donors (Lipinski definition) is 1. The molecule has 0 radical (unpaired) electrons. The van der Waals surface area contributed by atoms with E-state index in [0.29, 0.717) is 18.8 Å². The van der Waals surface area contributed by atoms with E-state index in [9.17, 15) is 9.59 Å². The SMILES string of the molecule is COC1CCN(C(=O)C(NC(=O)COc2ccccc2)C(C)C)CC1. The van der Waals surface area contributed by atoms with Gasteiger partial charge >= 0.3 is 0 Å². The average molecular weight is 348 g/mol. The van der Waals surface area contributed by atoms with Gasteiger partial charge in [0.25, 0.3) is 5.91 Å². The minimum atomic E-state index is -0.536. The number of piperidine rings is 1. The third-order valence-electron chi connectivity index (χ3n) is 4.45. The number of para-hydroxylation sites is 1. The number of carbonyl (C=O) groups excluding carboxylic acids is 2. The summed E-state index contributed by atoms with van der Waals surface area (Å²) in [5.74, 6) is 0.320. The van der Waals surface area contributed by atoms with E-state index in [1.165, 1.54) is 0 Å². The Morgan fingerprint density at radius 2 is 1.84 bits per heavy atom. The number of methoxy groups -OCH3 is 1. The maximum atomic E-state index is 12.8. The smallest absolute Gasteiger partial charge is 0.258 e. The molecule has 0 bridgehead atoms. The van der Waals surface area contributed by atoms with Crippen molar-refractivity contribution < 1.29 is 19.1 Å². The normalized spacial score (nSPS) is 16.6. The Bertz CT molecular complexity index is 554. The fourth-order valence-corrected chi connectivity index (χ4v) is 2.90. The summed E-state index contributed by atoms with van der Waals surface area (Å²) in [5.41, 5.74) is 0. The molecule has 2 amide bonds. The number of benzene rings is 1. The Balaban J connectivity index is 1.87. The van der Waals surface area contributed by atoms with Gasteiger partial charge in [-0.05, 0) is 30.9 Å². The Morgan fingerprint density at radius 3 is 2.40 bits per heavy atom. The van der Waals surface area contributed by atoms with Crippen LogP contribution in [0.3, 0.4) is 0 Å². The molecule has 0 aromatic heterocycles. The molecule has 1 fully saturated rings. The van der Waals surface area contributed by atoms with Crippen LogP contribution in [-0.4, -0.2) is 55.7 Å². The number of nitrogens with zero attached hydrogens (tertiary/aromatic N) is 1. The molecule has 0 spiro atoms. The number of ether oxygens (including phenoxy) is 2. The van der Waals surface area contributed by atoms with Crippen LogP contribution in [0.1, 0.15) is 26.7 Å². The van der Waals surface area contributed by atoms with Gasteiger partial charge in [0.15, 0.2) is 6.61 Å². The lowest BCUT2D eigenvalue weighted by Gasteiger charge is -2.34. The predicted molar refractivity (Wildman–Crippen MR) is 95.3 cm³/mol. The van der Waals surface area contributed by atoms with E-state index in [1.54, 1.807) is 19.2 Å². The largest absolute Gasteiger partial charge is 0.484 e. The summed E-state index contributed by atoms with van der Waals surface area (Å²) < 4.78 is 10.8. The van der Waals surface area contributed by atoms with Crippen LogP contribution >= 0.6 is 0 Å². The van der Waals surface area contributed by atoms with E-state index in [1.807, 2.05) is 36.9 Å². The summed E-state index contributed by atoms with van der Waals surface area (Å²) >= 11 is 0. The summed E-state index contributed by atoms with van der Waals surface area (Å²) in [6, 6.07) is 8.62. The van der Waals surface area contributed by atoms with Gasteiger partial charge in [-0.15, -0.1) is 0 Å². The molecule has 0 aliphatic carbocycles. The molecule has 25 heavy (non-hydrogen) atoms. The van der Waals surface area contributed by atoms with Crippen molar-refractivity contribution in [1.29, 1.82) is 0 Å². The van der Waals surface area contributed by atoms with Crippen LogP contribution < -0.4 is 10.1 Å². The number of nitrogens with one attached hydrogen (secondary N) is 1. The van der Waals surface area contributed by atoms with Gasteiger partial charge in [0.2, 0.25) is 5.91 Å². The van der Waals surface area contributed by atoms with Gasteiger partial charge in [-0.2, -0.15) is 0 Å². The van der Waals surface area contributed by atoms with Gasteiger partial charge in [0.1, 0.15) is 11.8 Å². The van der Waals surface area contributed by atoms with E-state index in [0.717, 1.165) is 12.8 Å². The van der Waals surface area contributed by atoms with Crippen molar-refractivity contribution in [3.8, 4) is 5.75 Å². The first kappa shape index (κ1) is 19.2. The highest BCUT2D eigenvalue weighted by Gasteiger charge is 2.31. The molecule has 6 heteroatoms. The zero-order chi connectivity index (χ0) is 18.2. The predicted octanol–water partition coefficient (Wildman–Crippen LogP) is 1.84. The number of rotatable bonds is 7. The fourth-order valence-electron chi connectivity index (χ4n) is 2.90. The fraction of sp³-hybridized carbons (Fsp3) is 0.579. The van der Waals surface area contributed by atoms with Crippen LogP contribution in [0.5, 0.6) is 5.75 Å². The second-order valence-electron chi connectivity index (χ2n) is 6.65. The summed E-state index contributed by atoms with van der Waals surface area (Å²) in [5, 5.41) is 2.82. The third-order valence-corrected chi connectivity index (χ3v) is 4.45. The average Bonchev–Trinajstić information content (AvgIpc) is 2.64. The summed E-state index contributed by atoms with van der Waals surface area (Å²) in [6.07, 6.45) is 1.88. The molecule has 2 rings (SSSR count). The Morgan fingerprint density at radius 1 is 1.20 bits per heavy atom. The summed E-state index contributed by atoms with van der Waals surface area (Å²) in [4.78, 5) is 26.8. The van der Waals surface area contributed by atoms with Crippen LogP contribution in [0.4, 0.5) is 0 Å². The van der Waals surface area contributed by atoms with Gasteiger partial charge < -0.3 is 19.7 Å². The van der Waals surface area contributed by atoms with Crippen LogP contribution in [0, 0.1) is 5.92 Å². The first-order valence-electron chi connectivity index (χ1n) is 8.80. The molecular weight excluding hydrogens is 320 g/mol. The maximum absolute atomic E-state index is 12.8. The lowest BCUT2D eigenvalue weighted by molar-refractivity contribution is -0.140. The van der Waals surface area contributed by atoms with Crippen molar-refractivity contribution in [2.75, 3.05) is 26.8 Å². The van der Waals surface area contributed by atoms with Gasteiger partial charge in [0.05, 0.1) is 6.10 Å². The van der Waals surface area contributed by atoms with Crippen molar-refractivity contribution in [1.82, 2.24) is 10.2 Å². The quantitative estimate of drug-likeness (QED) is 0.816. The molecule has 1 aromatic rings. The molecule has 6 nitrogen and oxygen atoms in total. The van der Waals surface area contributed by atoms with E-state index in [2.05, 4.69) is 5.32 Å². The van der Waals surface area contributed by atoms with Crippen molar-refractivity contribution in [3.63, 3.8) is 0 Å². The van der Waals surface area contributed by atoms with Gasteiger partial charge in [-0.1, -0.05) is 32.0 Å². The highest BCUT2D eigenvalue weighted by atomic mass is 16.5. The van der Waals surface area contributed by atoms with E-state index < -0.39 is 6.04 Å². The maximum Gasteiger partial charge on any atom is 0.258 e. The van der Waals surface area contributed by atoms with Crippen molar-refractivity contribution >= 4 is 11.8 Å². The van der Waals surface area contributed by atoms with Crippen molar-refractivity contribution in [2.24, 2.45) is 5.92 Å². The molecule has 1 atom stereocenters. The highest BCUT2D eigenvalue weighted by Crippen LogP contribution is 2.16. The van der Waals surface area contributed by atoms with E-state index >= 15 is 0 Å². The van der Waals surface area contributed by atoms with Crippen LogP contribution in [0.25, 0.3) is 0 Å². The molecule has 1 saturated heterocycles. The van der Waals surface area contributed by atoms with Crippen LogP contribution in [0.2, 0.25) is 0 Å². The molecule has 1 aliphatic heterocycles. The summed E-state index contributed by atoms with van der Waals surface area (Å²) in [6.45, 7) is 5.09. The first-order chi connectivity index (χ1) is 12.0. The molecule has 1 heterocycles. The van der Waals surface area contributed by atoms with E-state index in [4.69, 9.17) is 9.47 Å². The molecular formula is C19H28N2O4. The standard InChI is InChI=1S/C19H28N2O4/c1-14(2)18(19(23)21-11-9-15(24-3)10-12-21)20-17(22)13-25-16-7-5-4-6-8-16/h4-8,14-15,18H,9-13H2,1-3H3,(H,20,22). The zero-order valence-corrected chi connectivity index (χ0v) is 15.2. The zero-order valence-electron chi connectivity index (χ0n) is 15.2. The van der Waals surface area contributed by atoms with Gasteiger partial charge in [-0.25, -0.2) is 0 Å². The lowest BCUT2D eigenvalue weighted by atomic mass is 10.0. The van der Waals surface area contributed by atoms with Crippen LogP contribution in [-0.2, 0) is 14.3 Å². The molecule has 1 unspecified atom stereocenters. The number of hydrogen-bond acceptors (Lipinski definition) is 4. The second-order valence-corrected chi connectivity index (χ2v) is 6.65. The molecule has 0 saturated carbocycles. The number of likely N-dealkylation sites (tertiary alicyclic amines) is 1. The second kappa shape index (κ2) is 9.42. The van der Waals surface area contributed by atoms with Crippen LogP contribution in [0.15, 0.2) is 30.3 Å². The number of carbonyl (C=O) groups is 2. The molecule has 1 aliphatic rings.